The van der Waals surface area contributed by atoms with Crippen molar-refractivity contribution in [2.45, 2.75) is 38.3 Å². The van der Waals surface area contributed by atoms with Crippen molar-refractivity contribution >= 4 is 44.1 Å². The number of rotatable bonds is 8. The van der Waals surface area contributed by atoms with Gasteiger partial charge in [0.2, 0.25) is 15.9 Å². The SMILES string of the molecule is Cc1cc([C@@H](C)Nc2ccc(Cl)nc2C(=O)NS(C)(=O)=O)c2nc(-c3ccnc(O[C@@H]4CCN(C)CC4(F)F)c3)n(C)c(=O)c2c1. The predicted molar refractivity (Wildman–Crippen MR) is 170 cm³/mol. The smallest absolute Gasteiger partial charge is 0.296 e. The zero-order valence-corrected chi connectivity index (χ0v) is 27.2. The lowest BCUT2D eigenvalue weighted by molar-refractivity contribution is -0.136. The molecule has 16 heteroatoms. The van der Waals surface area contributed by atoms with Gasteiger partial charge in [-0.15, -0.1) is 0 Å². The molecule has 0 aliphatic carbocycles. The Labute approximate surface area is 268 Å². The molecule has 0 radical (unpaired) electrons. The molecule has 2 atom stereocenters. The average Bonchev–Trinajstić information content (AvgIpc) is 2.96. The van der Waals surface area contributed by atoms with Crippen LogP contribution < -0.4 is 20.3 Å². The van der Waals surface area contributed by atoms with Crippen molar-refractivity contribution in [3.63, 3.8) is 0 Å². The maximum atomic E-state index is 14.7. The number of piperidine rings is 1. The topological polar surface area (TPSA) is 148 Å². The van der Waals surface area contributed by atoms with Crippen molar-refractivity contribution < 1.29 is 26.7 Å². The third kappa shape index (κ3) is 7.11. The Kier molecular flexibility index (Phi) is 9.03. The van der Waals surface area contributed by atoms with E-state index in [9.17, 15) is 26.8 Å². The Morgan fingerprint density at radius 3 is 2.61 bits per heavy atom. The summed E-state index contributed by atoms with van der Waals surface area (Å²) in [6, 6.07) is 8.98. The summed E-state index contributed by atoms with van der Waals surface area (Å²) < 4.78 is 61.7. The number of likely N-dealkylation sites (tertiary alicyclic amines) is 1. The van der Waals surface area contributed by atoms with Gasteiger partial charge in [-0.25, -0.2) is 36.9 Å². The lowest BCUT2D eigenvalue weighted by atomic mass is 10.0. The minimum absolute atomic E-state index is 0.0182. The van der Waals surface area contributed by atoms with Gasteiger partial charge in [0, 0.05) is 43.4 Å². The molecule has 12 nitrogen and oxygen atoms in total. The zero-order chi connectivity index (χ0) is 33.6. The van der Waals surface area contributed by atoms with E-state index in [-0.39, 0.29) is 40.2 Å². The van der Waals surface area contributed by atoms with Gasteiger partial charge in [0.1, 0.15) is 11.0 Å². The summed E-state index contributed by atoms with van der Waals surface area (Å²) in [6.45, 7) is 3.62. The Morgan fingerprint density at radius 1 is 1.17 bits per heavy atom. The monoisotopic (exact) mass is 675 g/mol. The van der Waals surface area contributed by atoms with Gasteiger partial charge in [-0.05, 0) is 50.7 Å². The maximum absolute atomic E-state index is 14.7. The number of nitrogens with zero attached hydrogens (tertiary/aromatic N) is 5. The highest BCUT2D eigenvalue weighted by atomic mass is 35.5. The van der Waals surface area contributed by atoms with Crippen molar-refractivity contribution in [3.8, 4) is 17.3 Å². The Bertz CT molecular complexity index is 2010. The van der Waals surface area contributed by atoms with Gasteiger partial charge in [0.25, 0.3) is 17.4 Å². The van der Waals surface area contributed by atoms with Gasteiger partial charge in [0.05, 0.1) is 35.4 Å². The fourth-order valence-electron chi connectivity index (χ4n) is 5.39. The normalized spacial score (nSPS) is 17.4. The van der Waals surface area contributed by atoms with E-state index < -0.39 is 40.5 Å². The largest absolute Gasteiger partial charge is 0.468 e. The van der Waals surface area contributed by atoms with Gasteiger partial charge in [-0.1, -0.05) is 17.7 Å². The first-order valence-electron chi connectivity index (χ1n) is 14.2. The van der Waals surface area contributed by atoms with Crippen LogP contribution in [-0.2, 0) is 17.1 Å². The molecular formula is C30H32ClF2N7O5S. The van der Waals surface area contributed by atoms with E-state index in [4.69, 9.17) is 21.3 Å². The molecule has 1 aliphatic heterocycles. The number of ether oxygens (including phenoxy) is 1. The second kappa shape index (κ2) is 12.5. The summed E-state index contributed by atoms with van der Waals surface area (Å²) in [5.41, 5.74) is 1.75. The van der Waals surface area contributed by atoms with Crippen LogP contribution in [-0.4, -0.2) is 77.2 Å². The number of carbonyl (C=O) groups excluding carboxylic acids is 1. The summed E-state index contributed by atoms with van der Waals surface area (Å²) >= 11 is 6.01. The van der Waals surface area contributed by atoms with Crippen LogP contribution in [0.5, 0.6) is 5.88 Å². The van der Waals surface area contributed by atoms with Gasteiger partial charge in [-0.2, -0.15) is 0 Å². The number of aromatic nitrogens is 4. The molecule has 5 rings (SSSR count). The number of amides is 1. The van der Waals surface area contributed by atoms with Crippen LogP contribution >= 0.6 is 11.6 Å². The minimum Gasteiger partial charge on any atom is -0.468 e. The summed E-state index contributed by atoms with van der Waals surface area (Å²) in [5, 5.41) is 3.48. The van der Waals surface area contributed by atoms with E-state index in [0.717, 1.165) is 11.8 Å². The van der Waals surface area contributed by atoms with Crippen molar-refractivity contribution in [1.29, 1.82) is 0 Å². The fourth-order valence-corrected chi connectivity index (χ4v) is 5.97. The first-order valence-corrected chi connectivity index (χ1v) is 16.5. The highest BCUT2D eigenvalue weighted by molar-refractivity contribution is 7.89. The summed E-state index contributed by atoms with van der Waals surface area (Å²) in [7, 11) is -0.697. The number of aryl methyl sites for hydroxylation is 1. The second-order valence-corrected chi connectivity index (χ2v) is 13.6. The molecule has 1 aliphatic rings. The maximum Gasteiger partial charge on any atom is 0.296 e. The van der Waals surface area contributed by atoms with Gasteiger partial charge >= 0.3 is 0 Å². The molecule has 1 amide bonds. The molecule has 1 saturated heterocycles. The van der Waals surface area contributed by atoms with Crippen LogP contribution in [0.1, 0.15) is 41.0 Å². The van der Waals surface area contributed by atoms with E-state index in [2.05, 4.69) is 15.3 Å². The van der Waals surface area contributed by atoms with Crippen LogP contribution in [0.15, 0.2) is 47.4 Å². The number of benzene rings is 1. The highest BCUT2D eigenvalue weighted by Crippen LogP contribution is 2.32. The standard InChI is InChI=1S/C30H32ClF2N7O5S/c1-16-12-19(17(2)35-21-6-7-23(31)36-26(21)28(41)38-46(5,43)44)25-20(13-16)29(42)40(4)27(37-25)18-8-10-34-24(14-18)45-22-9-11-39(3)15-30(22,32)33/h6-8,10,12-14,17,22,35H,9,11,15H2,1-5H3,(H,38,41)/t17-,22-/m1/s1. The number of carbonyl (C=O) groups is 1. The molecule has 0 saturated carbocycles. The van der Waals surface area contributed by atoms with E-state index in [1.807, 2.05) is 17.7 Å². The zero-order valence-electron chi connectivity index (χ0n) is 25.6. The first kappa shape index (κ1) is 33.2. The molecule has 0 unspecified atom stereocenters. The molecular weight excluding hydrogens is 644 g/mol. The number of fused-ring (bicyclic) bond motifs is 1. The van der Waals surface area contributed by atoms with Crippen molar-refractivity contribution in [3.05, 3.63) is 74.9 Å². The van der Waals surface area contributed by atoms with E-state index in [1.165, 1.54) is 29.0 Å². The molecule has 46 heavy (non-hydrogen) atoms. The fraction of sp³-hybridized carbons (Fsp3) is 0.367. The third-order valence-corrected chi connectivity index (χ3v) is 8.29. The van der Waals surface area contributed by atoms with Crippen molar-refractivity contribution in [1.82, 2.24) is 29.1 Å². The number of pyridine rings is 2. The molecule has 3 aromatic heterocycles. The minimum atomic E-state index is -3.89. The second-order valence-electron chi connectivity index (χ2n) is 11.4. The molecule has 4 heterocycles. The highest BCUT2D eigenvalue weighted by Gasteiger charge is 2.45. The summed E-state index contributed by atoms with van der Waals surface area (Å²) in [4.78, 5) is 40.9. The van der Waals surface area contributed by atoms with E-state index in [0.29, 0.717) is 28.6 Å². The first-order chi connectivity index (χ1) is 21.5. The quantitative estimate of drug-likeness (QED) is 0.263. The van der Waals surface area contributed by atoms with Gasteiger partial charge < -0.3 is 15.0 Å². The van der Waals surface area contributed by atoms with Crippen LogP contribution in [0.25, 0.3) is 22.3 Å². The van der Waals surface area contributed by atoms with Crippen molar-refractivity contribution in [2.24, 2.45) is 7.05 Å². The summed E-state index contributed by atoms with van der Waals surface area (Å²) in [5.74, 6) is -3.81. The van der Waals surface area contributed by atoms with Gasteiger partial charge in [0.15, 0.2) is 11.8 Å². The Hall–Kier alpha value is -4.21. The molecule has 0 spiro atoms. The Balaban J connectivity index is 1.54. The van der Waals surface area contributed by atoms with E-state index in [1.54, 1.807) is 38.1 Å². The van der Waals surface area contributed by atoms with Crippen LogP contribution in [0, 0.1) is 6.92 Å². The number of alkyl halides is 2. The number of nitrogens with one attached hydrogen (secondary N) is 2. The molecule has 2 N–H and O–H groups in total. The average molecular weight is 676 g/mol. The lowest BCUT2D eigenvalue weighted by Gasteiger charge is -2.36. The molecule has 1 aromatic carbocycles. The third-order valence-electron chi connectivity index (χ3n) is 7.53. The number of hydrogen-bond donors (Lipinski definition) is 2. The summed E-state index contributed by atoms with van der Waals surface area (Å²) in [6.07, 6.45) is 1.02. The Morgan fingerprint density at radius 2 is 1.91 bits per heavy atom. The van der Waals surface area contributed by atoms with Crippen molar-refractivity contribution in [2.75, 3.05) is 31.7 Å². The van der Waals surface area contributed by atoms with Crippen LogP contribution in [0.4, 0.5) is 14.5 Å². The number of anilines is 1. The molecule has 0 bridgehead atoms. The number of hydrogen-bond acceptors (Lipinski definition) is 10. The number of halogens is 3. The predicted octanol–water partition coefficient (Wildman–Crippen LogP) is 3.93. The van der Waals surface area contributed by atoms with E-state index >= 15 is 0 Å². The van der Waals surface area contributed by atoms with Crippen LogP contribution in [0.2, 0.25) is 5.15 Å². The molecule has 244 valence electrons. The molecule has 1 fully saturated rings. The number of sulfonamides is 1. The molecule has 4 aromatic rings. The lowest BCUT2D eigenvalue weighted by Crippen LogP contribution is -2.52. The van der Waals surface area contributed by atoms with Gasteiger partial charge in [-0.3, -0.25) is 14.2 Å². The van der Waals surface area contributed by atoms with Crippen LogP contribution in [0.3, 0.4) is 0 Å².